The van der Waals surface area contributed by atoms with E-state index >= 15 is 0 Å². The van der Waals surface area contributed by atoms with E-state index in [0.29, 0.717) is 5.69 Å². The number of aryl methyl sites for hydroxylation is 2. The van der Waals surface area contributed by atoms with E-state index in [2.05, 4.69) is 27.6 Å². The molecule has 0 aliphatic heterocycles. The zero-order chi connectivity index (χ0) is 20.1. The normalized spacial score (nSPS) is 11.3. The van der Waals surface area contributed by atoms with Crippen LogP contribution in [0.2, 0.25) is 0 Å². The highest BCUT2D eigenvalue weighted by Crippen LogP contribution is 2.21. The number of anilines is 1. The molecule has 1 heterocycles. The SMILES string of the molecule is Cn1c(CCc2ccccc2)nnc1-c1ccc(NC(=O)OC(C)(C)C)cc1. The molecule has 0 saturated heterocycles. The van der Waals surface area contributed by atoms with Crippen LogP contribution in [0.1, 0.15) is 32.2 Å². The Morgan fingerprint density at radius 1 is 1.00 bits per heavy atom. The van der Waals surface area contributed by atoms with Gasteiger partial charge in [0, 0.05) is 24.7 Å². The number of nitrogens with one attached hydrogen (secondary N) is 1. The van der Waals surface area contributed by atoms with Crippen molar-refractivity contribution < 1.29 is 9.53 Å². The molecule has 1 N–H and O–H groups in total. The maximum atomic E-state index is 11.9. The number of ether oxygens (including phenoxy) is 1. The summed E-state index contributed by atoms with van der Waals surface area (Å²) in [5, 5.41) is 11.4. The zero-order valence-electron chi connectivity index (χ0n) is 16.8. The number of amides is 1. The van der Waals surface area contributed by atoms with Crippen LogP contribution >= 0.6 is 0 Å². The number of hydrogen-bond donors (Lipinski definition) is 1. The molecule has 6 nitrogen and oxygen atoms in total. The Kier molecular flexibility index (Phi) is 5.78. The molecule has 0 radical (unpaired) electrons. The molecule has 146 valence electrons. The van der Waals surface area contributed by atoms with Crippen LogP contribution in [0.4, 0.5) is 10.5 Å². The molecule has 0 bridgehead atoms. The summed E-state index contributed by atoms with van der Waals surface area (Å²) in [6.45, 7) is 5.50. The molecule has 0 atom stereocenters. The largest absolute Gasteiger partial charge is 0.444 e. The van der Waals surface area contributed by atoms with Crippen molar-refractivity contribution in [1.82, 2.24) is 14.8 Å². The van der Waals surface area contributed by atoms with Gasteiger partial charge in [-0.2, -0.15) is 0 Å². The van der Waals surface area contributed by atoms with Gasteiger partial charge in [0.25, 0.3) is 0 Å². The third-order valence-electron chi connectivity index (χ3n) is 4.23. The summed E-state index contributed by atoms with van der Waals surface area (Å²) in [6.07, 6.45) is 1.28. The van der Waals surface area contributed by atoms with Crippen LogP contribution in [0.3, 0.4) is 0 Å². The summed E-state index contributed by atoms with van der Waals surface area (Å²) >= 11 is 0. The van der Waals surface area contributed by atoms with Crippen LogP contribution < -0.4 is 5.32 Å². The number of benzene rings is 2. The van der Waals surface area contributed by atoms with Crippen LogP contribution in [-0.2, 0) is 24.6 Å². The van der Waals surface area contributed by atoms with Crippen molar-refractivity contribution in [2.45, 2.75) is 39.2 Å². The average Bonchev–Trinajstić information content (AvgIpc) is 3.00. The van der Waals surface area contributed by atoms with Crippen LogP contribution in [0.15, 0.2) is 54.6 Å². The van der Waals surface area contributed by atoms with Gasteiger partial charge in [0.05, 0.1) is 0 Å². The molecule has 28 heavy (non-hydrogen) atoms. The van der Waals surface area contributed by atoms with Crippen molar-refractivity contribution in [3.8, 4) is 11.4 Å². The minimum atomic E-state index is -0.529. The van der Waals surface area contributed by atoms with Crippen LogP contribution in [0, 0.1) is 0 Å². The van der Waals surface area contributed by atoms with Gasteiger partial charge in [-0.3, -0.25) is 5.32 Å². The fourth-order valence-electron chi connectivity index (χ4n) is 2.86. The fourth-order valence-corrected chi connectivity index (χ4v) is 2.86. The van der Waals surface area contributed by atoms with E-state index in [1.807, 2.05) is 74.9 Å². The molecule has 2 aromatic carbocycles. The molecule has 0 saturated carbocycles. The number of carbonyl (C=O) groups is 1. The number of carbonyl (C=O) groups excluding carboxylic acids is 1. The lowest BCUT2D eigenvalue weighted by Gasteiger charge is -2.19. The molecule has 0 unspecified atom stereocenters. The standard InChI is InChI=1S/C22H26N4O2/c1-22(2,3)28-21(27)23-18-13-11-17(12-14-18)20-25-24-19(26(20)4)15-10-16-8-6-5-7-9-16/h5-9,11-14H,10,15H2,1-4H3,(H,23,27). The number of hydrogen-bond acceptors (Lipinski definition) is 4. The topological polar surface area (TPSA) is 69.0 Å². The molecule has 3 aromatic rings. The van der Waals surface area contributed by atoms with E-state index in [4.69, 9.17) is 4.74 Å². The lowest BCUT2D eigenvalue weighted by Crippen LogP contribution is -2.27. The molecule has 6 heteroatoms. The summed E-state index contributed by atoms with van der Waals surface area (Å²) in [7, 11) is 1.97. The minimum Gasteiger partial charge on any atom is -0.444 e. The molecular formula is C22H26N4O2. The van der Waals surface area contributed by atoms with Crippen molar-refractivity contribution >= 4 is 11.8 Å². The van der Waals surface area contributed by atoms with Gasteiger partial charge in [-0.25, -0.2) is 4.79 Å². The van der Waals surface area contributed by atoms with Crippen molar-refractivity contribution in [1.29, 1.82) is 0 Å². The highest BCUT2D eigenvalue weighted by Gasteiger charge is 2.16. The van der Waals surface area contributed by atoms with Crippen LogP contribution in [0.25, 0.3) is 11.4 Å². The average molecular weight is 378 g/mol. The van der Waals surface area contributed by atoms with Gasteiger partial charge in [-0.1, -0.05) is 30.3 Å². The highest BCUT2D eigenvalue weighted by molar-refractivity contribution is 5.85. The second-order valence-corrected chi connectivity index (χ2v) is 7.69. The van der Waals surface area contributed by atoms with E-state index in [0.717, 1.165) is 30.1 Å². The number of rotatable bonds is 5. The van der Waals surface area contributed by atoms with Crippen LogP contribution in [0.5, 0.6) is 0 Å². The van der Waals surface area contributed by atoms with Gasteiger partial charge in [0.2, 0.25) is 0 Å². The maximum Gasteiger partial charge on any atom is 0.412 e. The Morgan fingerprint density at radius 3 is 2.32 bits per heavy atom. The maximum absolute atomic E-state index is 11.9. The Labute approximate surface area is 165 Å². The third kappa shape index (κ3) is 5.19. The van der Waals surface area contributed by atoms with Crippen molar-refractivity contribution in [2.75, 3.05) is 5.32 Å². The first-order chi connectivity index (χ1) is 13.3. The van der Waals surface area contributed by atoms with E-state index < -0.39 is 11.7 Å². The molecule has 0 aliphatic carbocycles. The second kappa shape index (κ2) is 8.25. The lowest BCUT2D eigenvalue weighted by molar-refractivity contribution is 0.0636. The summed E-state index contributed by atoms with van der Waals surface area (Å²) in [4.78, 5) is 11.9. The Balaban J connectivity index is 1.65. The Bertz CT molecular complexity index is 925. The van der Waals surface area contributed by atoms with Crippen molar-refractivity contribution in [3.05, 3.63) is 66.0 Å². The summed E-state index contributed by atoms with van der Waals surface area (Å²) in [5.74, 6) is 1.74. The first-order valence-corrected chi connectivity index (χ1v) is 9.34. The third-order valence-corrected chi connectivity index (χ3v) is 4.23. The minimum absolute atomic E-state index is 0.470. The summed E-state index contributed by atoms with van der Waals surface area (Å²) in [5.41, 5.74) is 2.36. The monoisotopic (exact) mass is 378 g/mol. The van der Waals surface area contributed by atoms with E-state index in [1.54, 1.807) is 0 Å². The lowest BCUT2D eigenvalue weighted by atomic mass is 10.1. The predicted molar refractivity (Wildman–Crippen MR) is 110 cm³/mol. The first kappa shape index (κ1) is 19.6. The van der Waals surface area contributed by atoms with Gasteiger partial charge in [-0.05, 0) is 57.0 Å². The quantitative estimate of drug-likeness (QED) is 0.704. The van der Waals surface area contributed by atoms with Crippen LogP contribution in [-0.4, -0.2) is 26.5 Å². The zero-order valence-corrected chi connectivity index (χ0v) is 16.8. The highest BCUT2D eigenvalue weighted by atomic mass is 16.6. The molecule has 1 amide bonds. The number of nitrogens with zero attached hydrogens (tertiary/aromatic N) is 3. The van der Waals surface area contributed by atoms with Gasteiger partial charge in [-0.15, -0.1) is 10.2 Å². The fraction of sp³-hybridized carbons (Fsp3) is 0.318. The summed E-state index contributed by atoms with van der Waals surface area (Å²) < 4.78 is 7.28. The molecule has 0 aliphatic rings. The molecule has 0 fully saturated rings. The molecular weight excluding hydrogens is 352 g/mol. The molecule has 3 rings (SSSR count). The van der Waals surface area contributed by atoms with E-state index in [9.17, 15) is 4.79 Å². The van der Waals surface area contributed by atoms with Gasteiger partial charge in [0.1, 0.15) is 11.4 Å². The molecule has 1 aromatic heterocycles. The van der Waals surface area contributed by atoms with Gasteiger partial charge in [0.15, 0.2) is 5.82 Å². The first-order valence-electron chi connectivity index (χ1n) is 9.34. The van der Waals surface area contributed by atoms with Gasteiger partial charge >= 0.3 is 6.09 Å². The van der Waals surface area contributed by atoms with E-state index in [1.165, 1.54) is 5.56 Å². The van der Waals surface area contributed by atoms with Crippen molar-refractivity contribution in [2.24, 2.45) is 7.05 Å². The molecule has 0 spiro atoms. The van der Waals surface area contributed by atoms with E-state index in [-0.39, 0.29) is 0 Å². The smallest absolute Gasteiger partial charge is 0.412 e. The predicted octanol–water partition coefficient (Wildman–Crippen LogP) is 4.61. The Morgan fingerprint density at radius 2 is 1.68 bits per heavy atom. The van der Waals surface area contributed by atoms with Crippen molar-refractivity contribution in [3.63, 3.8) is 0 Å². The second-order valence-electron chi connectivity index (χ2n) is 7.69. The van der Waals surface area contributed by atoms with Gasteiger partial charge < -0.3 is 9.30 Å². The summed E-state index contributed by atoms with van der Waals surface area (Å²) in [6, 6.07) is 17.8. The Hall–Kier alpha value is -3.15. The number of aromatic nitrogens is 3.